The summed E-state index contributed by atoms with van der Waals surface area (Å²) in [5.74, 6) is 0.0323. The second kappa shape index (κ2) is 8.58. The molecule has 0 saturated heterocycles. The normalized spacial score (nSPS) is 10.8. The van der Waals surface area contributed by atoms with E-state index in [0.717, 1.165) is 10.0 Å². The van der Waals surface area contributed by atoms with Crippen molar-refractivity contribution in [3.8, 4) is 5.75 Å². The molecule has 0 spiro atoms. The van der Waals surface area contributed by atoms with Gasteiger partial charge < -0.3 is 10.1 Å². The van der Waals surface area contributed by atoms with Crippen molar-refractivity contribution in [2.45, 2.75) is 25.4 Å². The molecule has 0 bridgehead atoms. The number of carbonyl (C=O) groups is 1. The van der Waals surface area contributed by atoms with Crippen molar-refractivity contribution >= 4 is 43.3 Å². The van der Waals surface area contributed by atoms with Crippen LogP contribution in [0.15, 0.2) is 40.9 Å². The first-order valence-corrected chi connectivity index (χ1v) is 8.99. The number of rotatable bonds is 7. The Labute approximate surface area is 155 Å². The van der Waals surface area contributed by atoms with Crippen molar-refractivity contribution in [1.82, 2.24) is 0 Å². The first-order valence-electron chi connectivity index (χ1n) is 7.07. The molecule has 24 heavy (non-hydrogen) atoms. The minimum Gasteiger partial charge on any atom is -0.434 e. The van der Waals surface area contributed by atoms with E-state index in [0.29, 0.717) is 22.1 Å². The fourth-order valence-corrected chi connectivity index (χ4v) is 2.94. The van der Waals surface area contributed by atoms with Crippen molar-refractivity contribution < 1.29 is 18.3 Å². The molecule has 7 heteroatoms. The molecule has 0 amide bonds. The van der Waals surface area contributed by atoms with Crippen LogP contribution >= 0.6 is 31.9 Å². The average Bonchev–Trinajstić information content (AvgIpc) is 2.53. The molecule has 2 aromatic rings. The van der Waals surface area contributed by atoms with Crippen molar-refractivity contribution in [2.24, 2.45) is 0 Å². The van der Waals surface area contributed by atoms with Crippen LogP contribution in [0.4, 0.5) is 14.5 Å². The summed E-state index contributed by atoms with van der Waals surface area (Å²) in [6.45, 7) is -1.16. The minimum absolute atomic E-state index is 0.0803. The van der Waals surface area contributed by atoms with E-state index in [4.69, 9.17) is 0 Å². The van der Waals surface area contributed by atoms with E-state index >= 15 is 0 Å². The molecule has 2 aromatic carbocycles. The van der Waals surface area contributed by atoms with E-state index in [9.17, 15) is 13.6 Å². The summed E-state index contributed by atoms with van der Waals surface area (Å²) < 4.78 is 30.5. The Balaban J connectivity index is 2.28. The maximum absolute atomic E-state index is 12.6. The number of nitrogens with one attached hydrogen (secondary N) is 1. The van der Waals surface area contributed by atoms with Gasteiger partial charge >= 0.3 is 6.61 Å². The van der Waals surface area contributed by atoms with Crippen LogP contribution in [-0.2, 0) is 11.9 Å². The van der Waals surface area contributed by atoms with Gasteiger partial charge in [-0.2, -0.15) is 8.78 Å². The molecular formula is C17H15Br2F2NO2. The maximum atomic E-state index is 12.6. The van der Waals surface area contributed by atoms with Gasteiger partial charge in [0.1, 0.15) is 5.75 Å². The second-order valence-electron chi connectivity index (χ2n) is 5.05. The van der Waals surface area contributed by atoms with E-state index in [-0.39, 0.29) is 18.1 Å². The predicted molar refractivity (Wildman–Crippen MR) is 97.2 cm³/mol. The number of anilines is 1. The first-order chi connectivity index (χ1) is 11.4. The van der Waals surface area contributed by atoms with Gasteiger partial charge in [-0.05, 0) is 42.8 Å². The van der Waals surface area contributed by atoms with Gasteiger partial charge in [-0.25, -0.2) is 0 Å². The zero-order valence-electron chi connectivity index (χ0n) is 12.8. The number of Topliss-reactive ketones (excluding diaryl/α,β-unsaturated/α-hetero) is 1. The number of benzene rings is 2. The molecule has 0 aliphatic heterocycles. The fourth-order valence-electron chi connectivity index (χ4n) is 2.23. The summed E-state index contributed by atoms with van der Waals surface area (Å²) in [6.07, 6.45) is 0. The van der Waals surface area contributed by atoms with Gasteiger partial charge in [0, 0.05) is 33.2 Å². The number of halogens is 4. The third kappa shape index (κ3) is 5.01. The molecule has 0 aromatic heterocycles. The van der Waals surface area contributed by atoms with E-state index in [1.807, 2.05) is 0 Å². The number of hydrogen-bond donors (Lipinski definition) is 1. The third-order valence-corrected chi connectivity index (χ3v) is 4.47. The van der Waals surface area contributed by atoms with Gasteiger partial charge in [0.05, 0.1) is 0 Å². The lowest BCUT2D eigenvalue weighted by molar-refractivity contribution is -0.0504. The average molecular weight is 463 g/mol. The van der Waals surface area contributed by atoms with Crippen molar-refractivity contribution in [3.05, 3.63) is 57.6 Å². The van der Waals surface area contributed by atoms with E-state index in [1.54, 1.807) is 30.3 Å². The van der Waals surface area contributed by atoms with Crippen LogP contribution in [0.2, 0.25) is 0 Å². The highest BCUT2D eigenvalue weighted by molar-refractivity contribution is 9.10. The molecule has 0 saturated carbocycles. The smallest absolute Gasteiger partial charge is 0.387 e. The molecule has 0 aliphatic rings. The van der Waals surface area contributed by atoms with Gasteiger partial charge in [0.2, 0.25) is 0 Å². The lowest BCUT2D eigenvalue weighted by Gasteiger charge is -2.15. The van der Waals surface area contributed by atoms with Crippen LogP contribution in [0, 0.1) is 0 Å². The highest BCUT2D eigenvalue weighted by atomic mass is 79.9. The fraction of sp³-hybridized carbons (Fsp3) is 0.235. The van der Waals surface area contributed by atoms with Crippen molar-refractivity contribution in [2.75, 3.05) is 5.32 Å². The summed E-state index contributed by atoms with van der Waals surface area (Å²) in [5, 5.41) is 3.73. The summed E-state index contributed by atoms with van der Waals surface area (Å²) in [5.41, 5.74) is 2.69. The van der Waals surface area contributed by atoms with E-state index in [2.05, 4.69) is 41.9 Å². The molecule has 0 aliphatic carbocycles. The molecule has 1 N–H and O–H groups in total. The standard InChI is InChI=1S/C17H15Br2F2NO2/c1-10(23)14-4-3-13(19)7-15(14)22-9-12-6-11(8-18)2-5-16(12)24-17(20)21/h2-7,17,22H,8-9H2,1H3. The van der Waals surface area contributed by atoms with Crippen molar-refractivity contribution in [1.29, 1.82) is 0 Å². The second-order valence-corrected chi connectivity index (χ2v) is 6.53. The Morgan fingerprint density at radius 1 is 1.25 bits per heavy atom. The van der Waals surface area contributed by atoms with Crippen LogP contribution in [0.5, 0.6) is 5.75 Å². The van der Waals surface area contributed by atoms with E-state index in [1.165, 1.54) is 13.0 Å². The van der Waals surface area contributed by atoms with Gasteiger partial charge in [0.15, 0.2) is 5.78 Å². The minimum atomic E-state index is -2.89. The van der Waals surface area contributed by atoms with Crippen molar-refractivity contribution in [3.63, 3.8) is 0 Å². The highest BCUT2D eigenvalue weighted by Crippen LogP contribution is 2.27. The zero-order chi connectivity index (χ0) is 17.7. The van der Waals surface area contributed by atoms with Gasteiger partial charge in [-0.15, -0.1) is 0 Å². The molecule has 0 radical (unpaired) electrons. The van der Waals surface area contributed by atoms with Gasteiger partial charge in [0.25, 0.3) is 0 Å². The molecule has 3 nitrogen and oxygen atoms in total. The number of ketones is 1. The molecule has 128 valence electrons. The lowest BCUT2D eigenvalue weighted by atomic mass is 10.1. The number of ether oxygens (including phenoxy) is 1. The lowest BCUT2D eigenvalue weighted by Crippen LogP contribution is -2.09. The number of hydrogen-bond acceptors (Lipinski definition) is 3. The Morgan fingerprint density at radius 2 is 2.00 bits per heavy atom. The molecule has 0 unspecified atom stereocenters. The molecule has 0 atom stereocenters. The maximum Gasteiger partial charge on any atom is 0.387 e. The van der Waals surface area contributed by atoms with Crippen LogP contribution < -0.4 is 10.1 Å². The molecular weight excluding hydrogens is 448 g/mol. The summed E-state index contributed by atoms with van der Waals surface area (Å²) in [7, 11) is 0. The number of alkyl halides is 3. The largest absolute Gasteiger partial charge is 0.434 e. The van der Waals surface area contributed by atoms with Crippen LogP contribution in [0.3, 0.4) is 0 Å². The Bertz CT molecular complexity index is 739. The number of carbonyl (C=O) groups excluding carboxylic acids is 1. The van der Waals surface area contributed by atoms with Crippen LogP contribution in [0.1, 0.15) is 28.4 Å². The van der Waals surface area contributed by atoms with Gasteiger partial charge in [-0.3, -0.25) is 4.79 Å². The summed E-state index contributed by atoms with van der Waals surface area (Å²) in [4.78, 5) is 11.7. The Hall–Kier alpha value is -1.47. The van der Waals surface area contributed by atoms with E-state index < -0.39 is 6.61 Å². The molecule has 2 rings (SSSR count). The Morgan fingerprint density at radius 3 is 2.62 bits per heavy atom. The topological polar surface area (TPSA) is 38.3 Å². The first kappa shape index (κ1) is 18.9. The van der Waals surface area contributed by atoms with Gasteiger partial charge in [-0.1, -0.05) is 37.9 Å². The predicted octanol–water partition coefficient (Wildman–Crippen LogP) is 5.76. The zero-order valence-corrected chi connectivity index (χ0v) is 16.0. The summed E-state index contributed by atoms with van der Waals surface area (Å²) in [6, 6.07) is 10.3. The third-order valence-electron chi connectivity index (χ3n) is 3.33. The summed E-state index contributed by atoms with van der Waals surface area (Å²) >= 11 is 6.70. The highest BCUT2D eigenvalue weighted by Gasteiger charge is 2.12. The van der Waals surface area contributed by atoms with Crippen LogP contribution in [0.25, 0.3) is 0 Å². The monoisotopic (exact) mass is 461 g/mol. The molecule has 0 heterocycles. The van der Waals surface area contributed by atoms with Crippen LogP contribution in [-0.4, -0.2) is 12.4 Å². The SMILES string of the molecule is CC(=O)c1ccc(Br)cc1NCc1cc(CBr)ccc1OC(F)F. The quantitative estimate of drug-likeness (QED) is 0.420. The molecule has 0 fully saturated rings. The Kier molecular flexibility index (Phi) is 6.74.